The summed E-state index contributed by atoms with van der Waals surface area (Å²) in [6.45, 7) is 0. The van der Waals surface area contributed by atoms with Gasteiger partial charge in [-0.3, -0.25) is 0 Å². The van der Waals surface area contributed by atoms with Gasteiger partial charge in [0.05, 0.1) is 12.2 Å². The van der Waals surface area contributed by atoms with Gasteiger partial charge in [0.2, 0.25) is 0 Å². The first kappa shape index (κ1) is 5.83. The summed E-state index contributed by atoms with van der Waals surface area (Å²) in [5.74, 6) is 0. The Kier molecular flexibility index (Phi) is 0.896. The molecule has 0 saturated carbocycles. The molecule has 2 bridgehead atoms. The van der Waals surface area contributed by atoms with Crippen molar-refractivity contribution in [2.45, 2.75) is 37.3 Å². The van der Waals surface area contributed by atoms with E-state index in [9.17, 15) is 4.79 Å². The van der Waals surface area contributed by atoms with Crippen molar-refractivity contribution < 1.29 is 19.0 Å². The van der Waals surface area contributed by atoms with Gasteiger partial charge in [-0.1, -0.05) is 0 Å². The van der Waals surface area contributed by atoms with Crippen LogP contribution in [0.25, 0.3) is 0 Å². The molecule has 0 aromatic carbocycles. The van der Waals surface area contributed by atoms with Gasteiger partial charge in [-0.05, 0) is 12.8 Å². The molecule has 3 fully saturated rings. The van der Waals surface area contributed by atoms with Crippen LogP contribution in [0.15, 0.2) is 0 Å². The van der Waals surface area contributed by atoms with Gasteiger partial charge in [0.15, 0.2) is 12.2 Å². The minimum absolute atomic E-state index is 0.108. The lowest BCUT2D eigenvalue weighted by Crippen LogP contribution is -2.33. The third-order valence-corrected chi connectivity index (χ3v) is 2.61. The fourth-order valence-corrected chi connectivity index (χ4v) is 2.13. The number of fused-ring (bicyclic) bond motifs is 5. The highest BCUT2D eigenvalue weighted by atomic mass is 16.8. The maximum Gasteiger partial charge on any atom is 0.509 e. The van der Waals surface area contributed by atoms with Crippen LogP contribution >= 0.6 is 0 Å². The van der Waals surface area contributed by atoms with Crippen LogP contribution in [0.5, 0.6) is 0 Å². The lowest BCUT2D eigenvalue weighted by Gasteiger charge is -2.15. The molecule has 0 spiro atoms. The Morgan fingerprint density at radius 1 is 1.09 bits per heavy atom. The topological polar surface area (TPSA) is 44.8 Å². The molecule has 60 valence electrons. The molecule has 4 heteroatoms. The Hall–Kier alpha value is -0.770. The van der Waals surface area contributed by atoms with Crippen molar-refractivity contribution in [2.75, 3.05) is 0 Å². The largest absolute Gasteiger partial charge is 0.509 e. The third kappa shape index (κ3) is 0.605. The maximum atomic E-state index is 10.7. The SMILES string of the molecule is O=C1OC2C3CC[C@@H](O3)C2O1. The summed E-state index contributed by atoms with van der Waals surface area (Å²) in [6, 6.07) is 0. The van der Waals surface area contributed by atoms with Crippen molar-refractivity contribution in [1.82, 2.24) is 0 Å². The van der Waals surface area contributed by atoms with E-state index in [0.717, 1.165) is 12.8 Å². The smallest absolute Gasteiger partial charge is 0.424 e. The highest BCUT2D eigenvalue weighted by molar-refractivity contribution is 5.63. The van der Waals surface area contributed by atoms with Crippen molar-refractivity contribution in [1.29, 1.82) is 0 Å². The van der Waals surface area contributed by atoms with Crippen LogP contribution < -0.4 is 0 Å². The first-order chi connectivity index (χ1) is 5.34. The highest BCUT2D eigenvalue weighted by Crippen LogP contribution is 2.41. The van der Waals surface area contributed by atoms with Crippen molar-refractivity contribution in [3.8, 4) is 0 Å². The van der Waals surface area contributed by atoms with E-state index in [0.29, 0.717) is 0 Å². The Labute approximate surface area is 63.4 Å². The molecule has 11 heavy (non-hydrogen) atoms. The fourth-order valence-electron chi connectivity index (χ4n) is 2.13. The molecule has 4 nitrogen and oxygen atoms in total. The van der Waals surface area contributed by atoms with Crippen LogP contribution in [0.1, 0.15) is 12.8 Å². The standard InChI is InChI=1S/C7H8O4/c8-7-10-5-3-1-2-4(9-3)6(5)11-7/h3-6H,1-2H2/t3-,4?,5?,6?/m1/s1. The van der Waals surface area contributed by atoms with Gasteiger partial charge in [0.25, 0.3) is 0 Å². The average molecular weight is 156 g/mol. The summed E-state index contributed by atoms with van der Waals surface area (Å²) in [4.78, 5) is 10.7. The van der Waals surface area contributed by atoms with Crippen LogP contribution in [-0.2, 0) is 14.2 Å². The first-order valence-electron chi connectivity index (χ1n) is 3.87. The molecule has 3 rings (SSSR count). The van der Waals surface area contributed by atoms with E-state index < -0.39 is 6.16 Å². The molecule has 3 aliphatic heterocycles. The van der Waals surface area contributed by atoms with Gasteiger partial charge in [-0.2, -0.15) is 0 Å². The Morgan fingerprint density at radius 3 is 2.18 bits per heavy atom. The fraction of sp³-hybridized carbons (Fsp3) is 0.857. The second-order valence-electron chi connectivity index (χ2n) is 3.21. The van der Waals surface area contributed by atoms with E-state index in [2.05, 4.69) is 0 Å². The molecule has 3 saturated heterocycles. The van der Waals surface area contributed by atoms with Gasteiger partial charge in [0.1, 0.15) is 0 Å². The van der Waals surface area contributed by atoms with Crippen LogP contribution in [0.4, 0.5) is 4.79 Å². The van der Waals surface area contributed by atoms with E-state index >= 15 is 0 Å². The minimum Gasteiger partial charge on any atom is -0.424 e. The molecule has 0 radical (unpaired) electrons. The molecular weight excluding hydrogens is 148 g/mol. The molecule has 0 amide bonds. The van der Waals surface area contributed by atoms with E-state index in [1.807, 2.05) is 0 Å². The first-order valence-corrected chi connectivity index (χ1v) is 3.87. The predicted molar refractivity (Wildman–Crippen MR) is 33.0 cm³/mol. The third-order valence-electron chi connectivity index (χ3n) is 2.61. The molecular formula is C7H8O4. The molecule has 3 aliphatic rings. The molecule has 0 N–H and O–H groups in total. The lowest BCUT2D eigenvalue weighted by atomic mass is 9.95. The summed E-state index contributed by atoms with van der Waals surface area (Å²) in [7, 11) is 0. The summed E-state index contributed by atoms with van der Waals surface area (Å²) >= 11 is 0. The number of carbonyl (C=O) groups is 1. The average Bonchev–Trinajstić information content (AvgIpc) is 2.53. The molecule has 0 aromatic rings. The van der Waals surface area contributed by atoms with E-state index in [1.54, 1.807) is 0 Å². The monoisotopic (exact) mass is 156 g/mol. The van der Waals surface area contributed by atoms with E-state index in [1.165, 1.54) is 0 Å². The van der Waals surface area contributed by atoms with Gasteiger partial charge in [0, 0.05) is 0 Å². The van der Waals surface area contributed by atoms with Crippen molar-refractivity contribution >= 4 is 6.16 Å². The van der Waals surface area contributed by atoms with Gasteiger partial charge in [-0.25, -0.2) is 4.79 Å². The Bertz CT molecular complexity index is 194. The summed E-state index contributed by atoms with van der Waals surface area (Å²) < 4.78 is 15.4. The van der Waals surface area contributed by atoms with Gasteiger partial charge in [-0.15, -0.1) is 0 Å². The summed E-state index contributed by atoms with van der Waals surface area (Å²) in [5, 5.41) is 0. The van der Waals surface area contributed by atoms with E-state index in [-0.39, 0.29) is 24.4 Å². The number of rotatable bonds is 0. The van der Waals surface area contributed by atoms with Crippen LogP contribution in [0.2, 0.25) is 0 Å². The van der Waals surface area contributed by atoms with Crippen LogP contribution in [0.3, 0.4) is 0 Å². The van der Waals surface area contributed by atoms with Crippen molar-refractivity contribution in [3.63, 3.8) is 0 Å². The molecule has 0 aromatic heterocycles. The second kappa shape index (κ2) is 1.69. The molecule has 3 unspecified atom stereocenters. The molecule has 4 atom stereocenters. The minimum atomic E-state index is -0.528. The quantitative estimate of drug-likeness (QED) is 0.478. The second-order valence-corrected chi connectivity index (χ2v) is 3.21. The van der Waals surface area contributed by atoms with Gasteiger partial charge >= 0.3 is 6.16 Å². The van der Waals surface area contributed by atoms with Crippen LogP contribution in [-0.4, -0.2) is 30.6 Å². The summed E-state index contributed by atoms with van der Waals surface area (Å²) in [6.07, 6.45) is 1.47. The zero-order valence-corrected chi connectivity index (χ0v) is 5.86. The predicted octanol–water partition coefficient (Wildman–Crippen LogP) is 0.452. The number of ether oxygens (including phenoxy) is 3. The lowest BCUT2D eigenvalue weighted by molar-refractivity contribution is 0.0168. The molecule has 3 heterocycles. The van der Waals surface area contributed by atoms with E-state index in [4.69, 9.17) is 14.2 Å². The zero-order valence-electron chi connectivity index (χ0n) is 5.86. The Balaban J connectivity index is 1.92. The van der Waals surface area contributed by atoms with Gasteiger partial charge < -0.3 is 14.2 Å². The van der Waals surface area contributed by atoms with Crippen molar-refractivity contribution in [3.05, 3.63) is 0 Å². The normalized spacial score (nSPS) is 52.2. The summed E-state index contributed by atoms with van der Waals surface area (Å²) in [5.41, 5.74) is 0. The number of carbonyl (C=O) groups excluding carboxylic acids is 1. The van der Waals surface area contributed by atoms with Crippen LogP contribution in [0, 0.1) is 0 Å². The Morgan fingerprint density at radius 2 is 1.64 bits per heavy atom. The maximum absolute atomic E-state index is 10.7. The molecule has 0 aliphatic carbocycles. The zero-order chi connectivity index (χ0) is 7.42. The number of hydrogen-bond donors (Lipinski definition) is 0. The number of hydrogen-bond acceptors (Lipinski definition) is 4. The highest BCUT2D eigenvalue weighted by Gasteiger charge is 2.57. The van der Waals surface area contributed by atoms with Crippen molar-refractivity contribution in [2.24, 2.45) is 0 Å².